The molecule has 1 aromatic heterocycles. The highest BCUT2D eigenvalue weighted by Crippen LogP contribution is 2.23. The van der Waals surface area contributed by atoms with Gasteiger partial charge in [0.2, 0.25) is 15.8 Å². The van der Waals surface area contributed by atoms with Gasteiger partial charge in [-0.15, -0.1) is 5.10 Å². The van der Waals surface area contributed by atoms with Crippen LogP contribution in [-0.4, -0.2) is 47.1 Å². The van der Waals surface area contributed by atoms with Gasteiger partial charge in [-0.3, -0.25) is 4.79 Å². The van der Waals surface area contributed by atoms with Crippen LogP contribution in [0.1, 0.15) is 27.6 Å². The van der Waals surface area contributed by atoms with E-state index < -0.39 is 10.0 Å². The van der Waals surface area contributed by atoms with Crippen LogP contribution >= 0.6 is 0 Å². The first kappa shape index (κ1) is 22.9. The fourth-order valence-corrected chi connectivity index (χ4v) is 4.78. The number of benzene rings is 3. The largest absolute Gasteiger partial charge is 0.335 e. The van der Waals surface area contributed by atoms with Crippen molar-refractivity contribution in [2.45, 2.75) is 17.7 Å². The Balaban J connectivity index is 1.38. The molecule has 0 bridgehead atoms. The molecule has 0 unspecified atom stereocenters. The fourth-order valence-electron chi connectivity index (χ4n) is 4.27. The molecule has 178 valence electrons. The van der Waals surface area contributed by atoms with E-state index in [4.69, 9.17) is 5.14 Å². The van der Waals surface area contributed by atoms with Crippen molar-refractivity contribution in [1.29, 1.82) is 0 Å². The van der Waals surface area contributed by atoms with E-state index in [2.05, 4.69) is 22.2 Å². The average Bonchev–Trinajstić information content (AvgIpc) is 3.25. The van der Waals surface area contributed by atoms with Gasteiger partial charge in [-0.2, -0.15) is 0 Å². The number of likely N-dealkylation sites (tertiary alicyclic amines) is 1. The summed E-state index contributed by atoms with van der Waals surface area (Å²) in [7, 11) is -3.81. The Morgan fingerprint density at radius 1 is 0.886 bits per heavy atom. The van der Waals surface area contributed by atoms with Crippen molar-refractivity contribution < 1.29 is 13.2 Å². The number of sulfonamides is 1. The molecule has 3 aromatic carbocycles. The summed E-state index contributed by atoms with van der Waals surface area (Å²) >= 11 is 0. The molecule has 1 fully saturated rings. The molecule has 0 saturated carbocycles. The summed E-state index contributed by atoms with van der Waals surface area (Å²) in [5, 5.41) is 9.74. The van der Waals surface area contributed by atoms with Crippen molar-refractivity contribution in [3.63, 3.8) is 0 Å². The molecule has 4 aromatic rings. The Kier molecular flexibility index (Phi) is 6.19. The lowest BCUT2D eigenvalue weighted by molar-refractivity contribution is 0.0488. The van der Waals surface area contributed by atoms with E-state index in [1.165, 1.54) is 17.7 Å². The van der Waals surface area contributed by atoms with Gasteiger partial charge in [0.05, 0.1) is 10.6 Å². The summed E-state index contributed by atoms with van der Waals surface area (Å²) in [6, 6.07) is 26.1. The third-order valence-corrected chi connectivity index (χ3v) is 7.02. The van der Waals surface area contributed by atoms with E-state index in [0.717, 1.165) is 12.0 Å². The van der Waals surface area contributed by atoms with Crippen molar-refractivity contribution in [2.24, 2.45) is 11.1 Å². The van der Waals surface area contributed by atoms with Crippen molar-refractivity contribution in [2.75, 3.05) is 13.1 Å². The quantitative estimate of drug-likeness (QED) is 0.431. The number of hydrogen-bond donors (Lipinski definition) is 1. The third kappa shape index (κ3) is 5.16. The van der Waals surface area contributed by atoms with Crippen molar-refractivity contribution >= 4 is 15.9 Å². The highest BCUT2D eigenvalue weighted by Gasteiger charge is 2.33. The third-order valence-electron chi connectivity index (χ3n) is 6.09. The second-order valence-corrected chi connectivity index (χ2v) is 10.3. The highest BCUT2D eigenvalue weighted by molar-refractivity contribution is 7.89. The number of rotatable bonds is 7. The Labute approximate surface area is 204 Å². The molecule has 9 heteroatoms. The van der Waals surface area contributed by atoms with Crippen LogP contribution in [-0.2, 0) is 22.9 Å². The van der Waals surface area contributed by atoms with Crippen LogP contribution in [0.3, 0.4) is 0 Å². The van der Waals surface area contributed by atoms with Gasteiger partial charge in [0, 0.05) is 19.5 Å². The molecule has 2 N–H and O–H groups in total. The van der Waals surface area contributed by atoms with Crippen molar-refractivity contribution in [3.8, 4) is 5.69 Å². The number of hydrogen-bond acceptors (Lipinski definition) is 5. The maximum Gasteiger partial charge on any atom is 0.293 e. The number of aromatic nitrogens is 3. The molecule has 0 atom stereocenters. The van der Waals surface area contributed by atoms with Gasteiger partial charge in [-0.1, -0.05) is 60.7 Å². The zero-order valence-corrected chi connectivity index (χ0v) is 19.8. The number of primary sulfonamides is 1. The fraction of sp³-hybridized carbons (Fsp3) is 0.192. The Bertz CT molecular complexity index is 1430. The molecule has 1 aliphatic heterocycles. The minimum atomic E-state index is -3.81. The van der Waals surface area contributed by atoms with Gasteiger partial charge >= 0.3 is 0 Å². The lowest BCUT2D eigenvalue weighted by Crippen LogP contribution is -2.51. The molecule has 35 heavy (non-hydrogen) atoms. The van der Waals surface area contributed by atoms with Crippen molar-refractivity contribution in [3.05, 3.63) is 108 Å². The predicted octanol–water partition coefficient (Wildman–Crippen LogP) is 2.82. The minimum Gasteiger partial charge on any atom is -0.335 e. The van der Waals surface area contributed by atoms with Gasteiger partial charge in [-0.05, 0) is 47.7 Å². The van der Waals surface area contributed by atoms with Crippen LogP contribution in [0.25, 0.3) is 5.69 Å². The molecule has 2 heterocycles. The van der Waals surface area contributed by atoms with Crippen LogP contribution in [0.2, 0.25) is 0 Å². The van der Waals surface area contributed by atoms with Gasteiger partial charge in [0.15, 0.2) is 0 Å². The SMILES string of the molecule is NS(=O)(=O)c1ccc(-n2nc(C(=O)N3CC(Cc4ccccc4)C3)nc2Cc2ccccc2)cc1. The first-order valence-electron chi connectivity index (χ1n) is 11.3. The monoisotopic (exact) mass is 487 g/mol. The summed E-state index contributed by atoms with van der Waals surface area (Å²) in [5.74, 6) is 0.926. The Morgan fingerprint density at radius 2 is 1.49 bits per heavy atom. The molecule has 5 rings (SSSR count). The van der Waals surface area contributed by atoms with E-state index in [9.17, 15) is 13.2 Å². The van der Waals surface area contributed by atoms with Gasteiger partial charge < -0.3 is 4.90 Å². The van der Waals surface area contributed by atoms with Gasteiger partial charge in [0.1, 0.15) is 5.82 Å². The van der Waals surface area contributed by atoms with Gasteiger partial charge in [0.25, 0.3) is 5.91 Å². The molecule has 1 amide bonds. The molecular weight excluding hydrogens is 462 g/mol. The zero-order valence-electron chi connectivity index (χ0n) is 19.0. The molecule has 1 saturated heterocycles. The standard InChI is InChI=1S/C26H25N5O3S/c27-35(33,34)23-13-11-22(12-14-23)31-24(16-20-9-5-2-6-10-20)28-25(29-31)26(32)30-17-21(18-30)15-19-7-3-1-4-8-19/h1-14,21H,15-18H2,(H2,27,33,34). The first-order chi connectivity index (χ1) is 16.9. The zero-order chi connectivity index (χ0) is 24.4. The molecule has 8 nitrogen and oxygen atoms in total. The van der Waals surface area contributed by atoms with Gasteiger partial charge in [-0.25, -0.2) is 23.2 Å². The lowest BCUT2D eigenvalue weighted by atomic mass is 9.92. The minimum absolute atomic E-state index is 0.00677. The van der Waals surface area contributed by atoms with Crippen LogP contribution in [0.4, 0.5) is 0 Å². The molecule has 1 aliphatic rings. The van der Waals surface area contributed by atoms with Crippen LogP contribution < -0.4 is 5.14 Å². The van der Waals surface area contributed by atoms with Crippen LogP contribution in [0, 0.1) is 5.92 Å². The maximum atomic E-state index is 13.2. The maximum absolute atomic E-state index is 13.2. The van der Waals surface area contributed by atoms with Crippen molar-refractivity contribution in [1.82, 2.24) is 19.7 Å². The summed E-state index contributed by atoms with van der Waals surface area (Å²) in [6.07, 6.45) is 1.40. The molecule has 0 aliphatic carbocycles. The lowest BCUT2D eigenvalue weighted by Gasteiger charge is -2.38. The van der Waals surface area contributed by atoms with E-state index in [1.54, 1.807) is 21.7 Å². The average molecular weight is 488 g/mol. The second kappa shape index (κ2) is 9.44. The Morgan fingerprint density at radius 3 is 2.09 bits per heavy atom. The molecule has 0 radical (unpaired) electrons. The van der Waals surface area contributed by atoms with Crippen LogP contribution in [0.15, 0.2) is 89.8 Å². The molecule has 0 spiro atoms. The van der Waals surface area contributed by atoms with E-state index >= 15 is 0 Å². The summed E-state index contributed by atoms with van der Waals surface area (Å²) in [6.45, 7) is 1.33. The number of nitrogens with two attached hydrogens (primary N) is 1. The topological polar surface area (TPSA) is 111 Å². The summed E-state index contributed by atoms with van der Waals surface area (Å²) in [5.41, 5.74) is 2.88. The van der Waals surface area contributed by atoms with E-state index in [0.29, 0.717) is 36.9 Å². The molecular formula is C26H25N5O3S. The number of carbonyl (C=O) groups excluding carboxylic acids is 1. The predicted molar refractivity (Wildman–Crippen MR) is 132 cm³/mol. The van der Waals surface area contributed by atoms with Crippen LogP contribution in [0.5, 0.6) is 0 Å². The summed E-state index contributed by atoms with van der Waals surface area (Å²) < 4.78 is 24.9. The highest BCUT2D eigenvalue weighted by atomic mass is 32.2. The van der Waals surface area contributed by atoms with E-state index in [-0.39, 0.29) is 16.6 Å². The number of amides is 1. The van der Waals surface area contributed by atoms with E-state index in [1.807, 2.05) is 48.5 Å². The first-order valence-corrected chi connectivity index (χ1v) is 12.9. The second-order valence-electron chi connectivity index (χ2n) is 8.73. The summed E-state index contributed by atoms with van der Waals surface area (Å²) in [4.78, 5) is 19.5. The normalized spacial score (nSPS) is 14.0. The smallest absolute Gasteiger partial charge is 0.293 e. The number of carbonyl (C=O) groups is 1. The number of nitrogens with zero attached hydrogens (tertiary/aromatic N) is 4. The Hall–Kier alpha value is -3.82.